The molecule has 1 atom stereocenters. The molecule has 0 N–H and O–H groups in total. The van der Waals surface area contributed by atoms with Gasteiger partial charge in [0.1, 0.15) is 19.0 Å². The van der Waals surface area contributed by atoms with Crippen molar-refractivity contribution in [2.45, 2.75) is 19.3 Å². The fraction of sp³-hybridized carbons (Fsp3) is 0.389. The maximum atomic E-state index is 12.8. The molecule has 6 heteroatoms. The number of carbonyl (C=O) groups excluding carboxylic acids is 1. The van der Waals surface area contributed by atoms with Gasteiger partial charge in [0.05, 0.1) is 0 Å². The standard InChI is InChI=1S/C18H19N3O3/c1-12-4-6-19-17(20-12)14-5-7-21(11-14)18(22)13-2-3-15-16(10-13)24-9-8-23-15/h2-4,6,10,14H,5,7-9,11H2,1H3/t14-/m1/s1. The smallest absolute Gasteiger partial charge is 0.254 e. The maximum Gasteiger partial charge on any atom is 0.254 e. The second kappa shape index (κ2) is 6.11. The minimum atomic E-state index is 0.0159. The van der Waals surface area contributed by atoms with Crippen LogP contribution in [-0.4, -0.2) is 47.1 Å². The highest BCUT2D eigenvalue weighted by atomic mass is 16.6. The van der Waals surface area contributed by atoms with Crippen LogP contribution in [0.15, 0.2) is 30.5 Å². The molecule has 2 aliphatic heterocycles. The van der Waals surface area contributed by atoms with Crippen LogP contribution < -0.4 is 9.47 Å². The Labute approximate surface area is 140 Å². The lowest BCUT2D eigenvalue weighted by Gasteiger charge is -2.20. The van der Waals surface area contributed by atoms with Gasteiger partial charge in [0.15, 0.2) is 11.5 Å². The molecule has 1 saturated heterocycles. The van der Waals surface area contributed by atoms with Crippen molar-refractivity contribution in [1.82, 2.24) is 14.9 Å². The summed E-state index contributed by atoms with van der Waals surface area (Å²) in [6.45, 7) is 4.38. The fourth-order valence-corrected chi connectivity index (χ4v) is 3.18. The highest BCUT2D eigenvalue weighted by Gasteiger charge is 2.30. The summed E-state index contributed by atoms with van der Waals surface area (Å²) in [5, 5.41) is 0. The molecule has 0 aliphatic carbocycles. The zero-order chi connectivity index (χ0) is 16.5. The zero-order valence-corrected chi connectivity index (χ0v) is 13.6. The average Bonchev–Trinajstić information content (AvgIpc) is 3.11. The van der Waals surface area contributed by atoms with E-state index in [9.17, 15) is 4.79 Å². The van der Waals surface area contributed by atoms with Crippen molar-refractivity contribution in [2.24, 2.45) is 0 Å². The van der Waals surface area contributed by atoms with E-state index in [0.717, 1.165) is 24.5 Å². The van der Waals surface area contributed by atoms with Gasteiger partial charge in [0, 0.05) is 36.5 Å². The fourth-order valence-electron chi connectivity index (χ4n) is 3.18. The van der Waals surface area contributed by atoms with Crippen molar-refractivity contribution in [3.63, 3.8) is 0 Å². The van der Waals surface area contributed by atoms with Crippen LogP contribution in [0.3, 0.4) is 0 Å². The first-order valence-corrected chi connectivity index (χ1v) is 8.19. The average molecular weight is 325 g/mol. The van der Waals surface area contributed by atoms with Crippen LogP contribution in [0.4, 0.5) is 0 Å². The van der Waals surface area contributed by atoms with Crippen molar-refractivity contribution >= 4 is 5.91 Å². The molecule has 0 unspecified atom stereocenters. The predicted octanol–water partition coefficient (Wildman–Crippen LogP) is 2.19. The first-order valence-electron chi connectivity index (χ1n) is 8.19. The zero-order valence-electron chi connectivity index (χ0n) is 13.6. The number of rotatable bonds is 2. The molecule has 1 aromatic carbocycles. The number of ether oxygens (including phenoxy) is 2. The number of benzene rings is 1. The van der Waals surface area contributed by atoms with E-state index in [1.165, 1.54) is 0 Å². The molecule has 24 heavy (non-hydrogen) atoms. The molecule has 0 saturated carbocycles. The van der Waals surface area contributed by atoms with Crippen LogP contribution in [0.2, 0.25) is 0 Å². The number of aromatic nitrogens is 2. The third kappa shape index (κ3) is 2.79. The Balaban J connectivity index is 1.49. The summed E-state index contributed by atoms with van der Waals surface area (Å²) in [5.74, 6) is 2.38. The molecule has 0 radical (unpaired) electrons. The largest absolute Gasteiger partial charge is 0.486 e. The molecule has 4 rings (SSSR count). The van der Waals surface area contributed by atoms with Crippen LogP contribution in [-0.2, 0) is 0 Å². The summed E-state index contributed by atoms with van der Waals surface area (Å²) in [4.78, 5) is 23.5. The van der Waals surface area contributed by atoms with E-state index >= 15 is 0 Å². The van der Waals surface area contributed by atoms with Gasteiger partial charge in [0.25, 0.3) is 5.91 Å². The summed E-state index contributed by atoms with van der Waals surface area (Å²) >= 11 is 0. The Kier molecular flexibility index (Phi) is 3.80. The van der Waals surface area contributed by atoms with Gasteiger partial charge in [-0.25, -0.2) is 9.97 Å². The third-order valence-electron chi connectivity index (χ3n) is 4.44. The number of carbonyl (C=O) groups is 1. The summed E-state index contributed by atoms with van der Waals surface area (Å²) in [5.41, 5.74) is 1.58. The summed E-state index contributed by atoms with van der Waals surface area (Å²) in [7, 11) is 0. The van der Waals surface area contributed by atoms with E-state index in [4.69, 9.17) is 9.47 Å². The molecule has 1 aromatic heterocycles. The van der Waals surface area contributed by atoms with Gasteiger partial charge in [-0.1, -0.05) is 0 Å². The molecule has 2 aromatic rings. The summed E-state index contributed by atoms with van der Waals surface area (Å²) < 4.78 is 11.1. The Hall–Kier alpha value is -2.63. The number of aryl methyl sites for hydroxylation is 1. The molecular formula is C18H19N3O3. The maximum absolute atomic E-state index is 12.8. The molecule has 124 valence electrons. The van der Waals surface area contributed by atoms with Crippen molar-refractivity contribution in [1.29, 1.82) is 0 Å². The Morgan fingerprint density at radius 2 is 2.04 bits per heavy atom. The van der Waals surface area contributed by atoms with Gasteiger partial charge in [-0.15, -0.1) is 0 Å². The first kappa shape index (κ1) is 14.9. The molecular weight excluding hydrogens is 306 g/mol. The van der Waals surface area contributed by atoms with Crippen LogP contribution in [0.5, 0.6) is 11.5 Å². The normalized spacial score (nSPS) is 19.4. The van der Waals surface area contributed by atoms with Crippen molar-refractivity contribution in [2.75, 3.05) is 26.3 Å². The molecule has 2 aliphatic rings. The van der Waals surface area contributed by atoms with E-state index in [2.05, 4.69) is 9.97 Å². The Morgan fingerprint density at radius 3 is 2.88 bits per heavy atom. The molecule has 0 bridgehead atoms. The van der Waals surface area contributed by atoms with Crippen LogP contribution in [0.1, 0.15) is 34.2 Å². The van der Waals surface area contributed by atoms with Crippen molar-refractivity contribution in [3.05, 3.63) is 47.5 Å². The number of hydrogen-bond acceptors (Lipinski definition) is 5. The van der Waals surface area contributed by atoms with Crippen LogP contribution in [0, 0.1) is 6.92 Å². The summed E-state index contributed by atoms with van der Waals surface area (Å²) in [6.07, 6.45) is 2.67. The molecule has 0 spiro atoms. The molecule has 3 heterocycles. The molecule has 6 nitrogen and oxygen atoms in total. The second-order valence-electron chi connectivity index (χ2n) is 6.15. The molecule has 1 fully saturated rings. The van der Waals surface area contributed by atoms with Gasteiger partial charge in [-0.2, -0.15) is 0 Å². The van der Waals surface area contributed by atoms with E-state index in [-0.39, 0.29) is 11.8 Å². The second-order valence-corrected chi connectivity index (χ2v) is 6.15. The van der Waals surface area contributed by atoms with Crippen molar-refractivity contribution < 1.29 is 14.3 Å². The lowest BCUT2D eigenvalue weighted by atomic mass is 10.1. The quantitative estimate of drug-likeness (QED) is 0.847. The van der Waals surface area contributed by atoms with Gasteiger partial charge >= 0.3 is 0 Å². The number of fused-ring (bicyclic) bond motifs is 1. The Morgan fingerprint density at radius 1 is 1.21 bits per heavy atom. The van der Waals surface area contributed by atoms with Crippen LogP contribution in [0.25, 0.3) is 0 Å². The number of likely N-dealkylation sites (tertiary alicyclic amines) is 1. The minimum Gasteiger partial charge on any atom is -0.486 e. The minimum absolute atomic E-state index is 0.0159. The highest BCUT2D eigenvalue weighted by Crippen LogP contribution is 2.32. The summed E-state index contributed by atoms with van der Waals surface area (Å²) in [6, 6.07) is 7.26. The number of hydrogen-bond donors (Lipinski definition) is 0. The van der Waals surface area contributed by atoms with Crippen molar-refractivity contribution in [3.8, 4) is 11.5 Å². The topological polar surface area (TPSA) is 64.6 Å². The van der Waals surface area contributed by atoms with E-state index in [1.807, 2.05) is 17.9 Å². The van der Waals surface area contributed by atoms with Gasteiger partial charge in [-0.3, -0.25) is 4.79 Å². The lowest BCUT2D eigenvalue weighted by molar-refractivity contribution is 0.0789. The van der Waals surface area contributed by atoms with Crippen LogP contribution >= 0.6 is 0 Å². The van der Waals surface area contributed by atoms with Gasteiger partial charge < -0.3 is 14.4 Å². The predicted molar refractivity (Wildman–Crippen MR) is 87.5 cm³/mol. The number of amides is 1. The van der Waals surface area contributed by atoms with Gasteiger partial charge in [0.2, 0.25) is 0 Å². The number of nitrogens with zero attached hydrogens (tertiary/aromatic N) is 3. The highest BCUT2D eigenvalue weighted by molar-refractivity contribution is 5.95. The van der Waals surface area contributed by atoms with E-state index in [1.54, 1.807) is 24.4 Å². The van der Waals surface area contributed by atoms with Gasteiger partial charge in [-0.05, 0) is 37.6 Å². The molecule has 1 amide bonds. The van der Waals surface area contributed by atoms with E-state index in [0.29, 0.717) is 36.8 Å². The SMILES string of the molecule is Cc1ccnc([C@@H]2CCN(C(=O)c3ccc4c(c3)OCCO4)C2)n1. The monoisotopic (exact) mass is 325 g/mol. The lowest BCUT2D eigenvalue weighted by Crippen LogP contribution is -2.29. The van der Waals surface area contributed by atoms with E-state index < -0.39 is 0 Å². The Bertz CT molecular complexity index is 778. The first-order chi connectivity index (χ1) is 11.7. The third-order valence-corrected chi connectivity index (χ3v) is 4.44.